The minimum absolute atomic E-state index is 0.0728. The van der Waals surface area contributed by atoms with Crippen molar-refractivity contribution in [3.63, 3.8) is 0 Å². The number of hydrogen-bond acceptors (Lipinski definition) is 3. The first-order chi connectivity index (χ1) is 7.83. The van der Waals surface area contributed by atoms with Crippen LogP contribution in [0.2, 0.25) is 0 Å². The SMILES string of the molecule is CN(Cc1ccccc1F)CC(C)(O)C(=O)O. The monoisotopic (exact) mass is 241 g/mol. The summed E-state index contributed by atoms with van der Waals surface area (Å²) in [4.78, 5) is 12.3. The van der Waals surface area contributed by atoms with Crippen molar-refractivity contribution in [2.24, 2.45) is 0 Å². The molecule has 0 saturated carbocycles. The molecule has 0 fully saturated rings. The lowest BCUT2D eigenvalue weighted by Gasteiger charge is -2.25. The number of carboxylic acids is 1. The summed E-state index contributed by atoms with van der Waals surface area (Å²) in [5.74, 6) is -1.63. The van der Waals surface area contributed by atoms with Gasteiger partial charge < -0.3 is 10.2 Å². The molecule has 0 saturated heterocycles. The Morgan fingerprint density at radius 1 is 1.47 bits per heavy atom. The number of rotatable bonds is 5. The van der Waals surface area contributed by atoms with Crippen LogP contribution in [0.5, 0.6) is 0 Å². The molecule has 1 unspecified atom stereocenters. The number of likely N-dealkylation sites (N-methyl/N-ethyl adjacent to an activating group) is 1. The van der Waals surface area contributed by atoms with Gasteiger partial charge in [0.1, 0.15) is 5.82 Å². The molecule has 0 amide bonds. The van der Waals surface area contributed by atoms with E-state index in [1.54, 1.807) is 30.1 Å². The maximum Gasteiger partial charge on any atom is 0.336 e. The van der Waals surface area contributed by atoms with Crippen LogP contribution in [0.3, 0.4) is 0 Å². The topological polar surface area (TPSA) is 60.8 Å². The first kappa shape index (κ1) is 13.6. The number of carbonyl (C=O) groups is 1. The molecule has 4 nitrogen and oxygen atoms in total. The van der Waals surface area contributed by atoms with Gasteiger partial charge in [-0.3, -0.25) is 4.90 Å². The highest BCUT2D eigenvalue weighted by molar-refractivity contribution is 5.76. The van der Waals surface area contributed by atoms with Gasteiger partial charge in [0.05, 0.1) is 0 Å². The van der Waals surface area contributed by atoms with Crippen molar-refractivity contribution >= 4 is 5.97 Å². The highest BCUT2D eigenvalue weighted by Gasteiger charge is 2.31. The van der Waals surface area contributed by atoms with Gasteiger partial charge in [0, 0.05) is 18.7 Å². The third-order valence-corrected chi connectivity index (χ3v) is 2.44. The highest BCUT2D eigenvalue weighted by Crippen LogP contribution is 2.12. The molecule has 0 spiro atoms. The molecular weight excluding hydrogens is 225 g/mol. The van der Waals surface area contributed by atoms with Crippen molar-refractivity contribution in [1.29, 1.82) is 0 Å². The van der Waals surface area contributed by atoms with Crippen LogP contribution in [0.4, 0.5) is 4.39 Å². The zero-order valence-electron chi connectivity index (χ0n) is 9.85. The van der Waals surface area contributed by atoms with Crippen LogP contribution in [0.1, 0.15) is 12.5 Å². The minimum atomic E-state index is -1.83. The van der Waals surface area contributed by atoms with E-state index in [0.717, 1.165) is 0 Å². The summed E-state index contributed by atoms with van der Waals surface area (Å²) in [6.07, 6.45) is 0. The predicted octanol–water partition coefficient (Wildman–Crippen LogP) is 1.09. The Balaban J connectivity index is 2.65. The average Bonchev–Trinajstić information content (AvgIpc) is 2.20. The van der Waals surface area contributed by atoms with Crippen molar-refractivity contribution < 1.29 is 19.4 Å². The number of aliphatic hydroxyl groups is 1. The second-order valence-corrected chi connectivity index (χ2v) is 4.34. The van der Waals surface area contributed by atoms with E-state index in [4.69, 9.17) is 5.11 Å². The van der Waals surface area contributed by atoms with E-state index in [0.29, 0.717) is 5.56 Å². The number of hydrogen-bond donors (Lipinski definition) is 2. The van der Waals surface area contributed by atoms with E-state index >= 15 is 0 Å². The maximum absolute atomic E-state index is 13.3. The first-order valence-electron chi connectivity index (χ1n) is 5.20. The quantitative estimate of drug-likeness (QED) is 0.810. The van der Waals surface area contributed by atoms with Gasteiger partial charge in [-0.25, -0.2) is 9.18 Å². The van der Waals surface area contributed by atoms with Crippen LogP contribution in [0.25, 0.3) is 0 Å². The Morgan fingerprint density at radius 3 is 2.59 bits per heavy atom. The number of benzene rings is 1. The van der Waals surface area contributed by atoms with Gasteiger partial charge in [0.25, 0.3) is 0 Å². The number of aliphatic carboxylic acids is 1. The molecule has 0 aliphatic carbocycles. The Hall–Kier alpha value is -1.46. The fourth-order valence-electron chi connectivity index (χ4n) is 1.57. The lowest BCUT2D eigenvalue weighted by molar-refractivity contribution is -0.158. The van der Waals surface area contributed by atoms with E-state index in [1.807, 2.05) is 0 Å². The highest BCUT2D eigenvalue weighted by atomic mass is 19.1. The maximum atomic E-state index is 13.3. The Kier molecular flexibility index (Phi) is 4.20. The van der Waals surface area contributed by atoms with Gasteiger partial charge in [-0.05, 0) is 20.0 Å². The Labute approximate surface area is 99.3 Å². The van der Waals surface area contributed by atoms with Crippen LogP contribution in [-0.2, 0) is 11.3 Å². The van der Waals surface area contributed by atoms with Gasteiger partial charge in [-0.1, -0.05) is 18.2 Å². The van der Waals surface area contributed by atoms with Crippen molar-refractivity contribution in [1.82, 2.24) is 4.90 Å². The second-order valence-electron chi connectivity index (χ2n) is 4.34. The lowest BCUT2D eigenvalue weighted by Crippen LogP contribution is -2.45. The molecular formula is C12H16FNO3. The van der Waals surface area contributed by atoms with Crippen molar-refractivity contribution in [2.45, 2.75) is 19.1 Å². The van der Waals surface area contributed by atoms with Crippen molar-refractivity contribution in [3.8, 4) is 0 Å². The van der Waals surface area contributed by atoms with Crippen LogP contribution < -0.4 is 0 Å². The van der Waals surface area contributed by atoms with E-state index in [9.17, 15) is 14.3 Å². The van der Waals surface area contributed by atoms with E-state index < -0.39 is 11.6 Å². The summed E-state index contributed by atoms with van der Waals surface area (Å²) in [6.45, 7) is 1.39. The van der Waals surface area contributed by atoms with Crippen LogP contribution in [0, 0.1) is 5.82 Å². The molecule has 0 aromatic heterocycles. The molecule has 0 radical (unpaired) electrons. The summed E-state index contributed by atoms with van der Waals surface area (Å²) in [6, 6.07) is 6.27. The van der Waals surface area contributed by atoms with Crippen molar-refractivity contribution in [2.75, 3.05) is 13.6 Å². The van der Waals surface area contributed by atoms with Crippen LogP contribution >= 0.6 is 0 Å². The van der Waals surface area contributed by atoms with Gasteiger partial charge >= 0.3 is 5.97 Å². The third-order valence-electron chi connectivity index (χ3n) is 2.44. The van der Waals surface area contributed by atoms with Gasteiger partial charge in [0.2, 0.25) is 0 Å². The smallest absolute Gasteiger partial charge is 0.336 e. The van der Waals surface area contributed by atoms with Crippen LogP contribution in [-0.4, -0.2) is 40.3 Å². The van der Waals surface area contributed by atoms with E-state index in [-0.39, 0.29) is 18.9 Å². The third kappa shape index (κ3) is 3.80. The average molecular weight is 241 g/mol. The Bertz CT molecular complexity index is 406. The standard InChI is InChI=1S/C12H16FNO3/c1-12(17,11(15)16)8-14(2)7-9-5-3-4-6-10(9)13/h3-6,17H,7-8H2,1-2H3,(H,15,16). The van der Waals surface area contributed by atoms with Gasteiger partial charge in [0.15, 0.2) is 5.60 Å². The minimum Gasteiger partial charge on any atom is -0.479 e. The molecule has 0 heterocycles. The molecule has 0 aliphatic heterocycles. The Morgan fingerprint density at radius 2 is 2.06 bits per heavy atom. The summed E-state index contributed by atoms with van der Waals surface area (Å²) >= 11 is 0. The molecule has 1 rings (SSSR count). The van der Waals surface area contributed by atoms with Crippen LogP contribution in [0.15, 0.2) is 24.3 Å². The van der Waals surface area contributed by atoms with Gasteiger partial charge in [-0.2, -0.15) is 0 Å². The molecule has 94 valence electrons. The molecule has 0 bridgehead atoms. The molecule has 1 aromatic rings. The zero-order valence-corrected chi connectivity index (χ0v) is 9.85. The molecule has 1 aromatic carbocycles. The molecule has 17 heavy (non-hydrogen) atoms. The lowest BCUT2D eigenvalue weighted by atomic mass is 10.1. The molecule has 5 heteroatoms. The second kappa shape index (κ2) is 5.25. The number of nitrogens with zero attached hydrogens (tertiary/aromatic N) is 1. The normalized spacial score (nSPS) is 14.6. The van der Waals surface area contributed by atoms with E-state index in [1.165, 1.54) is 13.0 Å². The number of carboxylic acid groups (broad SMARTS) is 1. The van der Waals surface area contributed by atoms with Crippen molar-refractivity contribution in [3.05, 3.63) is 35.6 Å². The summed E-state index contributed by atoms with van der Waals surface area (Å²) in [5, 5.41) is 18.3. The molecule has 2 N–H and O–H groups in total. The predicted molar refractivity (Wildman–Crippen MR) is 61.0 cm³/mol. The molecule has 1 atom stereocenters. The first-order valence-corrected chi connectivity index (χ1v) is 5.20. The number of halogens is 1. The summed E-state index contributed by atoms with van der Waals surface area (Å²) < 4.78 is 13.3. The fourth-order valence-corrected chi connectivity index (χ4v) is 1.57. The zero-order chi connectivity index (χ0) is 13.1. The largest absolute Gasteiger partial charge is 0.479 e. The van der Waals surface area contributed by atoms with Gasteiger partial charge in [-0.15, -0.1) is 0 Å². The summed E-state index contributed by atoms with van der Waals surface area (Å²) in [7, 11) is 1.63. The summed E-state index contributed by atoms with van der Waals surface area (Å²) in [5.41, 5.74) is -1.36. The molecule has 0 aliphatic rings. The fraction of sp³-hybridized carbons (Fsp3) is 0.417. The van der Waals surface area contributed by atoms with E-state index in [2.05, 4.69) is 0 Å².